The van der Waals surface area contributed by atoms with Gasteiger partial charge in [-0.05, 0) is 36.6 Å². The molecule has 0 atom stereocenters. The van der Waals surface area contributed by atoms with Crippen molar-refractivity contribution in [3.63, 3.8) is 0 Å². The van der Waals surface area contributed by atoms with E-state index >= 15 is 0 Å². The molecule has 2 aromatic heterocycles. The number of nitrogens with one attached hydrogen (secondary N) is 1. The molecule has 1 aliphatic carbocycles. The monoisotopic (exact) mass is 419 g/mol. The highest BCUT2D eigenvalue weighted by Gasteiger charge is 2.57. The van der Waals surface area contributed by atoms with E-state index in [-0.39, 0.29) is 35.1 Å². The second kappa shape index (κ2) is 6.13. The molecule has 0 bridgehead atoms. The summed E-state index contributed by atoms with van der Waals surface area (Å²) in [5.74, 6) is -1.30. The molecule has 2 heterocycles. The van der Waals surface area contributed by atoms with Crippen LogP contribution in [0.5, 0.6) is 0 Å². The Hall–Kier alpha value is -2.75. The number of hydrogen-bond acceptors (Lipinski definition) is 5. The molecular formula is C18H14ClN3O5S. The zero-order valence-electron chi connectivity index (χ0n) is 14.3. The van der Waals surface area contributed by atoms with Crippen molar-refractivity contribution in [3.8, 4) is 0 Å². The summed E-state index contributed by atoms with van der Waals surface area (Å²) in [6.45, 7) is 0. The van der Waals surface area contributed by atoms with E-state index in [1.807, 2.05) is 0 Å². The van der Waals surface area contributed by atoms with Gasteiger partial charge in [0.25, 0.3) is 10.1 Å². The standard InChI is InChI=1S/C18H14ClN3O5S/c19-10-6-11-13(8-22-17(11)21-7-10)15(23)12-5-9(16(20)24)1-2-14(12)18(3-4-18)28(25,26)27/h1-2,5-8H,3-4H2,(H2,20,24)(H,21,22)(H,25,26,27). The first-order valence-corrected chi connectivity index (χ1v) is 10.0. The molecule has 144 valence electrons. The largest absolute Gasteiger partial charge is 0.366 e. The van der Waals surface area contributed by atoms with Crippen LogP contribution in [-0.4, -0.2) is 34.6 Å². The number of primary amides is 1. The third-order valence-electron chi connectivity index (χ3n) is 4.98. The Bertz CT molecular complexity index is 1260. The van der Waals surface area contributed by atoms with Gasteiger partial charge in [0.2, 0.25) is 5.91 Å². The van der Waals surface area contributed by atoms with Crippen molar-refractivity contribution < 1.29 is 22.6 Å². The number of amides is 1. The number of rotatable bonds is 5. The minimum Gasteiger partial charge on any atom is -0.366 e. The predicted octanol–water partition coefficient (Wildman–Crippen LogP) is 2.42. The molecule has 8 nitrogen and oxygen atoms in total. The first-order chi connectivity index (χ1) is 13.1. The van der Waals surface area contributed by atoms with Crippen LogP contribution in [0.15, 0.2) is 36.7 Å². The molecule has 3 aromatic rings. The average Bonchev–Trinajstić information content (AvgIpc) is 3.36. The minimum atomic E-state index is -4.46. The van der Waals surface area contributed by atoms with Gasteiger partial charge in [-0.1, -0.05) is 17.7 Å². The maximum Gasteiger partial charge on any atom is 0.274 e. The van der Waals surface area contributed by atoms with Crippen molar-refractivity contribution in [1.82, 2.24) is 9.97 Å². The van der Waals surface area contributed by atoms with Crippen molar-refractivity contribution in [3.05, 3.63) is 63.9 Å². The summed E-state index contributed by atoms with van der Waals surface area (Å²) in [5.41, 5.74) is 6.12. The van der Waals surface area contributed by atoms with E-state index in [0.717, 1.165) is 0 Å². The number of pyridine rings is 1. The van der Waals surface area contributed by atoms with Gasteiger partial charge in [0.1, 0.15) is 10.4 Å². The maximum absolute atomic E-state index is 13.3. The van der Waals surface area contributed by atoms with Crippen LogP contribution in [0, 0.1) is 0 Å². The highest BCUT2D eigenvalue weighted by atomic mass is 35.5. The number of aromatic nitrogens is 2. The molecule has 0 saturated heterocycles. The summed E-state index contributed by atoms with van der Waals surface area (Å²) in [4.78, 5) is 31.9. The molecule has 28 heavy (non-hydrogen) atoms. The third-order valence-corrected chi connectivity index (χ3v) is 6.80. The summed E-state index contributed by atoms with van der Waals surface area (Å²) in [6.07, 6.45) is 3.20. The van der Waals surface area contributed by atoms with E-state index < -0.39 is 26.6 Å². The first kappa shape index (κ1) is 18.6. The van der Waals surface area contributed by atoms with Gasteiger partial charge >= 0.3 is 0 Å². The second-order valence-corrected chi connectivity index (χ2v) is 8.84. The van der Waals surface area contributed by atoms with Gasteiger partial charge in [-0.2, -0.15) is 8.42 Å². The molecule has 4 rings (SSSR count). The minimum absolute atomic E-state index is 0.0210. The molecule has 0 unspecified atom stereocenters. The topological polar surface area (TPSA) is 143 Å². The Labute approximate surface area is 164 Å². The van der Waals surface area contributed by atoms with E-state index in [1.165, 1.54) is 30.6 Å². The van der Waals surface area contributed by atoms with Crippen LogP contribution < -0.4 is 5.73 Å². The highest BCUT2D eigenvalue weighted by molar-refractivity contribution is 7.87. The smallest absolute Gasteiger partial charge is 0.274 e. The molecular weight excluding hydrogens is 406 g/mol. The number of nitrogens with two attached hydrogens (primary N) is 1. The lowest BCUT2D eigenvalue weighted by Gasteiger charge is -2.17. The average molecular weight is 420 g/mol. The number of carbonyl (C=O) groups is 2. The molecule has 1 saturated carbocycles. The number of carbonyl (C=O) groups excluding carboxylic acids is 2. The molecule has 1 amide bonds. The van der Waals surface area contributed by atoms with Gasteiger partial charge in [-0.25, -0.2) is 4.98 Å². The van der Waals surface area contributed by atoms with Gasteiger partial charge in [0.05, 0.1) is 5.02 Å². The zero-order valence-corrected chi connectivity index (χ0v) is 15.8. The van der Waals surface area contributed by atoms with Crippen molar-refractivity contribution >= 4 is 44.4 Å². The quantitative estimate of drug-likeness (QED) is 0.428. The molecule has 1 fully saturated rings. The van der Waals surface area contributed by atoms with Crippen LogP contribution in [0.1, 0.15) is 44.7 Å². The Morgan fingerprint density at radius 2 is 1.93 bits per heavy atom. The van der Waals surface area contributed by atoms with E-state index in [4.69, 9.17) is 17.3 Å². The fourth-order valence-corrected chi connectivity index (χ4v) is 4.61. The Morgan fingerprint density at radius 3 is 2.54 bits per heavy atom. The van der Waals surface area contributed by atoms with Gasteiger partial charge in [0, 0.05) is 34.5 Å². The number of aromatic amines is 1. The lowest BCUT2D eigenvalue weighted by Crippen LogP contribution is -2.24. The van der Waals surface area contributed by atoms with Crippen LogP contribution in [0.25, 0.3) is 11.0 Å². The zero-order chi connectivity index (χ0) is 20.3. The van der Waals surface area contributed by atoms with Crippen LogP contribution in [-0.2, 0) is 14.9 Å². The number of fused-ring (bicyclic) bond motifs is 1. The van der Waals surface area contributed by atoms with Crippen molar-refractivity contribution in [2.75, 3.05) is 0 Å². The summed E-state index contributed by atoms with van der Waals surface area (Å²) in [6, 6.07) is 5.50. The molecule has 4 N–H and O–H groups in total. The van der Waals surface area contributed by atoms with E-state index in [2.05, 4.69) is 9.97 Å². The first-order valence-electron chi connectivity index (χ1n) is 8.23. The van der Waals surface area contributed by atoms with Gasteiger partial charge in [-0.3, -0.25) is 14.1 Å². The fourth-order valence-electron chi connectivity index (χ4n) is 3.37. The SMILES string of the molecule is NC(=O)c1ccc(C2(S(=O)(=O)O)CC2)c(C(=O)c2c[nH]c3ncc(Cl)cc23)c1. The number of nitrogens with zero attached hydrogens (tertiary/aromatic N) is 1. The maximum atomic E-state index is 13.3. The Balaban J connectivity index is 1.95. The number of hydrogen-bond donors (Lipinski definition) is 3. The highest BCUT2D eigenvalue weighted by Crippen LogP contribution is 2.53. The summed E-state index contributed by atoms with van der Waals surface area (Å²) in [7, 11) is -4.46. The summed E-state index contributed by atoms with van der Waals surface area (Å²) in [5, 5.41) is 0.772. The third kappa shape index (κ3) is 2.79. The normalized spacial score (nSPS) is 15.5. The molecule has 0 radical (unpaired) electrons. The Kier molecular flexibility index (Phi) is 4.07. The van der Waals surface area contributed by atoms with Gasteiger partial charge in [-0.15, -0.1) is 0 Å². The number of ketones is 1. The second-order valence-electron chi connectivity index (χ2n) is 6.68. The Morgan fingerprint density at radius 1 is 1.21 bits per heavy atom. The summed E-state index contributed by atoms with van der Waals surface area (Å²) < 4.78 is 32.1. The lowest BCUT2D eigenvalue weighted by molar-refractivity contribution is 0.1000. The number of benzene rings is 1. The number of halogens is 1. The number of H-pyrrole nitrogens is 1. The fraction of sp³-hybridized carbons (Fsp3) is 0.167. The molecule has 1 aromatic carbocycles. The molecule has 10 heteroatoms. The van der Waals surface area contributed by atoms with Crippen molar-refractivity contribution in [1.29, 1.82) is 0 Å². The van der Waals surface area contributed by atoms with Gasteiger partial charge < -0.3 is 10.7 Å². The van der Waals surface area contributed by atoms with Crippen molar-refractivity contribution in [2.24, 2.45) is 5.73 Å². The van der Waals surface area contributed by atoms with Crippen LogP contribution in [0.3, 0.4) is 0 Å². The van der Waals surface area contributed by atoms with E-state index in [1.54, 1.807) is 6.07 Å². The van der Waals surface area contributed by atoms with E-state index in [0.29, 0.717) is 16.1 Å². The van der Waals surface area contributed by atoms with Crippen LogP contribution >= 0.6 is 11.6 Å². The lowest BCUT2D eigenvalue weighted by atomic mass is 9.93. The summed E-state index contributed by atoms with van der Waals surface area (Å²) >= 11 is 5.98. The van der Waals surface area contributed by atoms with Crippen molar-refractivity contribution in [2.45, 2.75) is 17.6 Å². The van der Waals surface area contributed by atoms with Crippen LogP contribution in [0.2, 0.25) is 5.02 Å². The predicted molar refractivity (Wildman–Crippen MR) is 102 cm³/mol. The van der Waals surface area contributed by atoms with Gasteiger partial charge in [0.15, 0.2) is 5.78 Å². The molecule has 0 aliphatic heterocycles. The molecule has 0 spiro atoms. The van der Waals surface area contributed by atoms with E-state index in [9.17, 15) is 22.6 Å². The van der Waals surface area contributed by atoms with Crippen LogP contribution in [0.4, 0.5) is 0 Å². The molecule has 1 aliphatic rings.